The summed E-state index contributed by atoms with van der Waals surface area (Å²) in [6, 6.07) is 2.73. The number of rotatable bonds is 4. The van der Waals surface area contributed by atoms with Crippen LogP contribution < -0.4 is 34.7 Å². The summed E-state index contributed by atoms with van der Waals surface area (Å²) in [7, 11) is -4.62. The van der Waals surface area contributed by atoms with Gasteiger partial charge in [0.2, 0.25) is 0 Å². The Bertz CT molecular complexity index is 657. The van der Waals surface area contributed by atoms with Crippen molar-refractivity contribution in [3.05, 3.63) is 22.7 Å². The van der Waals surface area contributed by atoms with Crippen LogP contribution in [0.1, 0.15) is 18.9 Å². The monoisotopic (exact) mass is 327 g/mol. The Kier molecular flexibility index (Phi) is 7.37. The standard InChI is InChI=1S/C11H12ClNO5S.Na/c1-6-3-4-8(12)11(19(16,17)18)10(6)13-9(15)5-7(2)14;/h3-4H,5H2,1-2H3,(H,13,15)(H,16,17,18);/q;+1/p-1. The normalized spacial score (nSPS) is 11.9. The van der Waals surface area contributed by atoms with Gasteiger partial charge < -0.3 is 5.11 Å². The molecule has 0 saturated heterocycles. The van der Waals surface area contributed by atoms with Crippen molar-refractivity contribution in [1.82, 2.24) is 0 Å². The van der Waals surface area contributed by atoms with E-state index in [0.29, 0.717) is 5.56 Å². The van der Waals surface area contributed by atoms with Gasteiger partial charge in [-0.25, -0.2) is 0 Å². The Morgan fingerprint density at radius 2 is 2.00 bits per heavy atom. The molecule has 0 unspecified atom stereocenters. The molecule has 0 bridgehead atoms. The number of carbonyl (C=O) groups is 1. The molecule has 0 radical (unpaired) electrons. The first-order valence-corrected chi connectivity index (χ1v) is 6.95. The van der Waals surface area contributed by atoms with Crippen LogP contribution in [0.3, 0.4) is 0 Å². The van der Waals surface area contributed by atoms with Crippen LogP contribution in [0.25, 0.3) is 0 Å². The molecular weight excluding hydrogens is 317 g/mol. The molecule has 0 aliphatic rings. The second-order valence-electron chi connectivity index (χ2n) is 3.90. The Labute approximate surface area is 143 Å². The summed E-state index contributed by atoms with van der Waals surface area (Å²) in [5, 5.41) is 11.2. The van der Waals surface area contributed by atoms with Crippen LogP contribution in [0.5, 0.6) is 0 Å². The van der Waals surface area contributed by atoms with Crippen LogP contribution >= 0.6 is 11.6 Å². The smallest absolute Gasteiger partial charge is 0.861 e. The third-order valence-electron chi connectivity index (χ3n) is 2.18. The molecule has 0 spiro atoms. The quantitative estimate of drug-likeness (QED) is 0.306. The van der Waals surface area contributed by atoms with Gasteiger partial charge in [-0.15, -0.1) is 0 Å². The maximum Gasteiger partial charge on any atom is 1.00 e. The average molecular weight is 328 g/mol. The fourth-order valence-corrected chi connectivity index (χ4v) is 2.62. The maximum absolute atomic E-state index is 11.5. The van der Waals surface area contributed by atoms with E-state index in [4.69, 9.17) is 16.2 Å². The van der Waals surface area contributed by atoms with Gasteiger partial charge in [0, 0.05) is 6.42 Å². The Balaban J connectivity index is 0.00000361. The zero-order chi connectivity index (χ0) is 14.8. The minimum atomic E-state index is -4.62. The third kappa shape index (κ3) is 5.16. The second kappa shape index (κ2) is 7.53. The zero-order valence-corrected chi connectivity index (χ0v) is 14.7. The van der Waals surface area contributed by atoms with E-state index in [9.17, 15) is 18.3 Å². The molecule has 0 heterocycles. The molecule has 1 N–H and O–H groups in total. The number of hydrogen-bond donors (Lipinski definition) is 1. The molecule has 0 aliphatic carbocycles. The summed E-state index contributed by atoms with van der Waals surface area (Å²) in [6.07, 6.45) is -0.448. The van der Waals surface area contributed by atoms with E-state index in [2.05, 4.69) is 4.99 Å². The Morgan fingerprint density at radius 1 is 1.45 bits per heavy atom. The van der Waals surface area contributed by atoms with Crippen molar-refractivity contribution in [2.75, 3.05) is 0 Å². The molecule has 0 aliphatic heterocycles. The van der Waals surface area contributed by atoms with Gasteiger partial charge in [-0.3, -0.25) is 14.3 Å². The largest absolute Gasteiger partial charge is 1.00 e. The van der Waals surface area contributed by atoms with E-state index in [1.807, 2.05) is 0 Å². The first-order valence-electron chi connectivity index (χ1n) is 5.13. The van der Waals surface area contributed by atoms with Crippen LogP contribution in [-0.2, 0) is 14.9 Å². The number of hydrogen-bond acceptors (Lipinski definition) is 5. The van der Waals surface area contributed by atoms with E-state index < -0.39 is 33.1 Å². The number of carbonyl (C=O) groups excluding carboxylic acids is 1. The molecule has 20 heavy (non-hydrogen) atoms. The molecular formula is C11H11ClNNaO5S. The zero-order valence-electron chi connectivity index (χ0n) is 11.2. The molecule has 0 fully saturated rings. The fraction of sp³-hybridized carbons (Fsp3) is 0.273. The minimum absolute atomic E-state index is 0. The molecule has 0 amide bonds. The van der Waals surface area contributed by atoms with Crippen molar-refractivity contribution in [3.63, 3.8) is 0 Å². The predicted octanol–water partition coefficient (Wildman–Crippen LogP) is -1.73. The molecule has 1 aromatic carbocycles. The summed E-state index contributed by atoms with van der Waals surface area (Å²) >= 11 is 5.70. The van der Waals surface area contributed by atoms with Gasteiger partial charge in [0.15, 0.2) is 0 Å². The van der Waals surface area contributed by atoms with Crippen molar-refractivity contribution >= 4 is 39.1 Å². The molecule has 1 aromatic rings. The van der Waals surface area contributed by atoms with Crippen molar-refractivity contribution < 1.29 is 52.4 Å². The fourth-order valence-electron chi connectivity index (χ4n) is 1.41. The third-order valence-corrected chi connectivity index (χ3v) is 3.54. The molecule has 9 heteroatoms. The van der Waals surface area contributed by atoms with Crippen LogP contribution in [0.15, 0.2) is 22.0 Å². The maximum atomic E-state index is 11.5. The van der Waals surface area contributed by atoms with Crippen LogP contribution in [0.2, 0.25) is 5.02 Å². The SMILES string of the molecule is CC(=O)CC([O-])=Nc1c(C)ccc(Cl)c1S(=O)(=O)O.[Na+]. The first-order chi connectivity index (χ1) is 8.62. The summed E-state index contributed by atoms with van der Waals surface area (Å²) < 4.78 is 31.6. The molecule has 0 aromatic heterocycles. The van der Waals surface area contributed by atoms with E-state index >= 15 is 0 Å². The van der Waals surface area contributed by atoms with Gasteiger partial charge in [0.1, 0.15) is 10.7 Å². The Hall–Kier alpha value is -0.440. The van der Waals surface area contributed by atoms with Gasteiger partial charge in [-0.05, 0) is 31.4 Å². The molecule has 0 atom stereocenters. The van der Waals surface area contributed by atoms with Crippen LogP contribution in [0.4, 0.5) is 5.69 Å². The minimum Gasteiger partial charge on any atom is -0.861 e. The van der Waals surface area contributed by atoms with Crippen molar-refractivity contribution in [3.8, 4) is 0 Å². The summed E-state index contributed by atoms with van der Waals surface area (Å²) in [5.74, 6) is -1.20. The molecule has 0 saturated carbocycles. The van der Waals surface area contributed by atoms with Gasteiger partial charge in [0.05, 0.1) is 10.7 Å². The summed E-state index contributed by atoms with van der Waals surface area (Å²) in [5.41, 5.74) is 0.0928. The van der Waals surface area contributed by atoms with Crippen molar-refractivity contribution in [1.29, 1.82) is 0 Å². The van der Waals surface area contributed by atoms with Gasteiger partial charge >= 0.3 is 29.6 Å². The molecule has 104 valence electrons. The average Bonchev–Trinajstić information content (AvgIpc) is 2.20. The van der Waals surface area contributed by atoms with Crippen LogP contribution in [0, 0.1) is 6.92 Å². The van der Waals surface area contributed by atoms with E-state index in [1.165, 1.54) is 26.0 Å². The predicted molar refractivity (Wildman–Crippen MR) is 68.4 cm³/mol. The number of nitrogens with zero attached hydrogens (tertiary/aromatic N) is 1. The van der Waals surface area contributed by atoms with Gasteiger partial charge in [0.25, 0.3) is 10.1 Å². The second-order valence-corrected chi connectivity index (χ2v) is 5.67. The Morgan fingerprint density at radius 3 is 2.45 bits per heavy atom. The summed E-state index contributed by atoms with van der Waals surface area (Å²) in [4.78, 5) is 13.7. The number of halogens is 1. The van der Waals surface area contributed by atoms with Crippen molar-refractivity contribution in [2.24, 2.45) is 4.99 Å². The van der Waals surface area contributed by atoms with Gasteiger partial charge in [-0.1, -0.05) is 17.7 Å². The number of aliphatic imine (C=N–C) groups is 1. The number of ketones is 1. The first kappa shape index (κ1) is 19.6. The summed E-state index contributed by atoms with van der Waals surface area (Å²) in [6.45, 7) is 2.72. The number of benzene rings is 1. The molecule has 6 nitrogen and oxygen atoms in total. The van der Waals surface area contributed by atoms with E-state index in [-0.39, 0.29) is 40.3 Å². The van der Waals surface area contributed by atoms with Crippen molar-refractivity contribution in [2.45, 2.75) is 25.2 Å². The molecule has 1 rings (SSSR count). The van der Waals surface area contributed by atoms with Crippen LogP contribution in [-0.4, -0.2) is 24.7 Å². The topological polar surface area (TPSA) is 107 Å². The van der Waals surface area contributed by atoms with Gasteiger partial charge in [-0.2, -0.15) is 8.42 Å². The van der Waals surface area contributed by atoms with E-state index in [1.54, 1.807) is 0 Å². The number of aryl methyl sites for hydroxylation is 1. The number of Topliss-reactive ketones (excluding diaryl/α,β-unsaturated/α-hetero) is 1. The van der Waals surface area contributed by atoms with E-state index in [0.717, 1.165) is 0 Å².